The Bertz CT molecular complexity index is 418. The SMILES string of the molecule is CCOC(C)Oc1ccc(C=O)cc1[N+](=O)[O-]. The van der Waals surface area contributed by atoms with Crippen LogP contribution >= 0.6 is 0 Å². The number of nitro groups is 1. The van der Waals surface area contributed by atoms with E-state index in [0.29, 0.717) is 12.9 Å². The summed E-state index contributed by atoms with van der Waals surface area (Å²) in [6.45, 7) is 3.88. The molecule has 0 radical (unpaired) electrons. The molecule has 1 rings (SSSR count). The van der Waals surface area contributed by atoms with Gasteiger partial charge in [0, 0.05) is 18.2 Å². The number of aldehydes is 1. The summed E-state index contributed by atoms with van der Waals surface area (Å²) in [6.07, 6.45) is -0.0382. The molecule has 6 heteroatoms. The van der Waals surface area contributed by atoms with Crippen molar-refractivity contribution in [1.82, 2.24) is 0 Å². The molecular weight excluding hydrogens is 226 g/mol. The standard InChI is InChI=1S/C11H13NO5/c1-3-16-8(2)17-11-5-4-9(7-13)6-10(11)12(14)15/h4-8H,3H2,1-2H3. The average molecular weight is 239 g/mol. The molecule has 0 bridgehead atoms. The lowest BCUT2D eigenvalue weighted by Crippen LogP contribution is -2.16. The van der Waals surface area contributed by atoms with Gasteiger partial charge in [-0.15, -0.1) is 0 Å². The second-order valence-electron chi connectivity index (χ2n) is 3.24. The molecule has 6 nitrogen and oxygen atoms in total. The third-order valence-corrected chi connectivity index (χ3v) is 2.01. The van der Waals surface area contributed by atoms with Crippen molar-refractivity contribution in [1.29, 1.82) is 0 Å². The van der Waals surface area contributed by atoms with E-state index in [1.54, 1.807) is 13.8 Å². The van der Waals surface area contributed by atoms with Gasteiger partial charge in [-0.2, -0.15) is 0 Å². The van der Waals surface area contributed by atoms with Gasteiger partial charge in [0.05, 0.1) is 4.92 Å². The number of rotatable bonds is 6. The van der Waals surface area contributed by atoms with Crippen molar-refractivity contribution < 1.29 is 19.2 Å². The quantitative estimate of drug-likeness (QED) is 0.329. The van der Waals surface area contributed by atoms with Crippen LogP contribution in [0.1, 0.15) is 24.2 Å². The van der Waals surface area contributed by atoms with Crippen LogP contribution in [0.4, 0.5) is 5.69 Å². The van der Waals surface area contributed by atoms with Gasteiger partial charge < -0.3 is 9.47 Å². The fraction of sp³-hybridized carbons (Fsp3) is 0.364. The van der Waals surface area contributed by atoms with Gasteiger partial charge in [0.25, 0.3) is 0 Å². The third-order valence-electron chi connectivity index (χ3n) is 2.01. The molecule has 0 aliphatic carbocycles. The van der Waals surface area contributed by atoms with Crippen LogP contribution in [0.2, 0.25) is 0 Å². The maximum atomic E-state index is 10.8. The van der Waals surface area contributed by atoms with E-state index < -0.39 is 11.2 Å². The van der Waals surface area contributed by atoms with Crippen LogP contribution < -0.4 is 4.74 Å². The van der Waals surface area contributed by atoms with Crippen molar-refractivity contribution in [3.63, 3.8) is 0 Å². The van der Waals surface area contributed by atoms with Gasteiger partial charge in [-0.25, -0.2) is 0 Å². The molecule has 0 aliphatic rings. The molecule has 0 saturated heterocycles. The van der Waals surface area contributed by atoms with Crippen molar-refractivity contribution in [3.8, 4) is 5.75 Å². The largest absolute Gasteiger partial charge is 0.458 e. The molecule has 1 atom stereocenters. The first-order valence-electron chi connectivity index (χ1n) is 5.10. The summed E-state index contributed by atoms with van der Waals surface area (Å²) in [5.41, 5.74) is -0.0192. The smallest absolute Gasteiger partial charge is 0.311 e. The predicted molar refractivity (Wildman–Crippen MR) is 60.2 cm³/mol. The van der Waals surface area contributed by atoms with E-state index in [-0.39, 0.29) is 17.0 Å². The number of carbonyl (C=O) groups is 1. The van der Waals surface area contributed by atoms with Crippen molar-refractivity contribution >= 4 is 12.0 Å². The lowest BCUT2D eigenvalue weighted by molar-refractivity contribution is -0.386. The van der Waals surface area contributed by atoms with Crippen molar-refractivity contribution in [3.05, 3.63) is 33.9 Å². The van der Waals surface area contributed by atoms with E-state index >= 15 is 0 Å². The number of nitrogens with zero attached hydrogens (tertiary/aromatic N) is 1. The monoisotopic (exact) mass is 239 g/mol. The summed E-state index contributed by atoms with van der Waals surface area (Å²) in [7, 11) is 0. The Labute approximate surface area is 98.3 Å². The number of nitro benzene ring substituents is 1. The van der Waals surface area contributed by atoms with Crippen LogP contribution in [-0.4, -0.2) is 24.1 Å². The molecule has 0 heterocycles. The minimum atomic E-state index is -0.596. The first kappa shape index (κ1) is 13.1. The van der Waals surface area contributed by atoms with Crippen molar-refractivity contribution in [2.45, 2.75) is 20.1 Å². The molecule has 0 saturated carbocycles. The Morgan fingerprint density at radius 1 is 1.53 bits per heavy atom. The van der Waals surface area contributed by atoms with Gasteiger partial charge in [-0.3, -0.25) is 14.9 Å². The second kappa shape index (κ2) is 5.95. The molecule has 1 unspecified atom stereocenters. The molecule has 0 aromatic heterocycles. The first-order chi connectivity index (χ1) is 8.08. The van der Waals surface area contributed by atoms with Gasteiger partial charge >= 0.3 is 5.69 Å². The van der Waals surface area contributed by atoms with E-state index in [9.17, 15) is 14.9 Å². The topological polar surface area (TPSA) is 78.7 Å². The summed E-state index contributed by atoms with van der Waals surface area (Å²) >= 11 is 0. The van der Waals surface area contributed by atoms with Gasteiger partial charge in [-0.1, -0.05) is 0 Å². The molecule has 1 aromatic carbocycles. The van der Waals surface area contributed by atoms with Gasteiger partial charge in [0.15, 0.2) is 12.0 Å². The van der Waals surface area contributed by atoms with E-state index in [1.165, 1.54) is 18.2 Å². The molecule has 0 N–H and O–H groups in total. The maximum absolute atomic E-state index is 10.8. The number of carbonyl (C=O) groups excluding carboxylic acids is 1. The Kier molecular flexibility index (Phi) is 4.59. The van der Waals surface area contributed by atoms with Crippen LogP contribution in [0.3, 0.4) is 0 Å². The summed E-state index contributed by atoms with van der Waals surface area (Å²) in [6, 6.07) is 4.01. The second-order valence-corrected chi connectivity index (χ2v) is 3.24. The van der Waals surface area contributed by atoms with Crippen LogP contribution in [-0.2, 0) is 4.74 Å². The summed E-state index contributed by atoms with van der Waals surface area (Å²) in [4.78, 5) is 20.7. The van der Waals surface area contributed by atoms with Crippen LogP contribution in [0, 0.1) is 10.1 Å². The van der Waals surface area contributed by atoms with Gasteiger partial charge in [-0.05, 0) is 26.0 Å². The highest BCUT2D eigenvalue weighted by atomic mass is 16.7. The number of hydrogen-bond donors (Lipinski definition) is 0. The average Bonchev–Trinajstić information content (AvgIpc) is 2.29. The third kappa shape index (κ3) is 3.53. The van der Waals surface area contributed by atoms with E-state index in [4.69, 9.17) is 9.47 Å². The maximum Gasteiger partial charge on any atom is 0.311 e. The predicted octanol–water partition coefficient (Wildman–Crippen LogP) is 2.17. The van der Waals surface area contributed by atoms with Gasteiger partial charge in [0.1, 0.15) is 6.29 Å². The molecule has 92 valence electrons. The van der Waals surface area contributed by atoms with Gasteiger partial charge in [0.2, 0.25) is 0 Å². The fourth-order valence-corrected chi connectivity index (χ4v) is 1.30. The minimum Gasteiger partial charge on any atom is -0.458 e. The summed E-state index contributed by atoms with van der Waals surface area (Å²) in [5, 5.41) is 10.8. The van der Waals surface area contributed by atoms with Crippen LogP contribution in [0.15, 0.2) is 18.2 Å². The summed E-state index contributed by atoms with van der Waals surface area (Å²) < 4.78 is 10.4. The number of benzene rings is 1. The highest BCUT2D eigenvalue weighted by molar-refractivity contribution is 5.77. The summed E-state index contributed by atoms with van der Waals surface area (Å²) in [5.74, 6) is 0.0848. The van der Waals surface area contributed by atoms with Crippen LogP contribution in [0.5, 0.6) is 5.75 Å². The lowest BCUT2D eigenvalue weighted by atomic mass is 10.2. The zero-order valence-corrected chi connectivity index (χ0v) is 9.58. The molecule has 0 amide bonds. The fourth-order valence-electron chi connectivity index (χ4n) is 1.30. The normalized spacial score (nSPS) is 11.9. The highest BCUT2D eigenvalue weighted by Crippen LogP contribution is 2.28. The van der Waals surface area contributed by atoms with Crippen molar-refractivity contribution in [2.75, 3.05) is 6.61 Å². The molecular formula is C11H13NO5. The van der Waals surface area contributed by atoms with Crippen LogP contribution in [0.25, 0.3) is 0 Å². The molecule has 0 aliphatic heterocycles. The zero-order chi connectivity index (χ0) is 12.8. The number of hydrogen-bond acceptors (Lipinski definition) is 5. The number of ether oxygens (including phenoxy) is 2. The Morgan fingerprint density at radius 3 is 2.76 bits per heavy atom. The van der Waals surface area contributed by atoms with E-state index in [1.807, 2.05) is 0 Å². The molecule has 0 spiro atoms. The Hall–Kier alpha value is -1.95. The van der Waals surface area contributed by atoms with Crippen molar-refractivity contribution in [2.24, 2.45) is 0 Å². The highest BCUT2D eigenvalue weighted by Gasteiger charge is 2.18. The Morgan fingerprint density at radius 2 is 2.24 bits per heavy atom. The minimum absolute atomic E-state index is 0.0848. The molecule has 0 fully saturated rings. The Balaban J connectivity index is 2.98. The van der Waals surface area contributed by atoms with E-state index in [0.717, 1.165) is 0 Å². The zero-order valence-electron chi connectivity index (χ0n) is 9.58. The molecule has 17 heavy (non-hydrogen) atoms. The molecule has 1 aromatic rings. The lowest BCUT2D eigenvalue weighted by Gasteiger charge is -2.14. The first-order valence-corrected chi connectivity index (χ1v) is 5.10. The van der Waals surface area contributed by atoms with E-state index in [2.05, 4.69) is 0 Å².